The molecule has 1 aliphatic heterocycles. The molecule has 2 heterocycles. The standard InChI is InChI=1S/C27H37FN4O5/c1-36-26(34)24-17-37-14-13-30(24)11-12-31-25(33)20-15-21(28)22(29-18-7-3-2-4-8-18)16-23(20)32(27(31)35)19-9-5-6-10-19/h15-16,18-19,24,29H,2-14,17H2,1H3. The van der Waals surface area contributed by atoms with Crippen molar-refractivity contribution >= 4 is 22.6 Å². The maximum atomic E-state index is 15.3. The third-order valence-corrected chi connectivity index (χ3v) is 8.24. The summed E-state index contributed by atoms with van der Waals surface area (Å²) in [6.07, 6.45) is 9.14. The van der Waals surface area contributed by atoms with E-state index in [1.807, 2.05) is 4.90 Å². The van der Waals surface area contributed by atoms with E-state index in [4.69, 9.17) is 9.47 Å². The van der Waals surface area contributed by atoms with E-state index in [1.54, 1.807) is 10.6 Å². The van der Waals surface area contributed by atoms with E-state index in [1.165, 1.54) is 24.2 Å². The van der Waals surface area contributed by atoms with Gasteiger partial charge < -0.3 is 14.8 Å². The molecule has 0 radical (unpaired) electrons. The lowest BCUT2D eigenvalue weighted by atomic mass is 9.95. The number of hydrogen-bond acceptors (Lipinski definition) is 7. The van der Waals surface area contributed by atoms with Gasteiger partial charge in [0.1, 0.15) is 11.9 Å². The summed E-state index contributed by atoms with van der Waals surface area (Å²) >= 11 is 0. The molecule has 0 bridgehead atoms. The molecule has 2 saturated carbocycles. The number of methoxy groups -OCH3 is 1. The molecule has 1 aromatic carbocycles. The Bertz CT molecular complexity index is 1250. The molecule has 3 fully saturated rings. The fourth-order valence-corrected chi connectivity index (χ4v) is 6.18. The molecular weight excluding hydrogens is 479 g/mol. The van der Waals surface area contributed by atoms with E-state index in [0.717, 1.165) is 51.4 Å². The van der Waals surface area contributed by atoms with Crippen molar-refractivity contribution in [2.24, 2.45) is 0 Å². The minimum absolute atomic E-state index is 0.0268. The lowest BCUT2D eigenvalue weighted by Crippen LogP contribution is -2.52. The second-order valence-electron chi connectivity index (χ2n) is 10.5. The van der Waals surface area contributed by atoms with Crippen LogP contribution in [0.4, 0.5) is 10.1 Å². The van der Waals surface area contributed by atoms with Gasteiger partial charge in [-0.1, -0.05) is 32.1 Å². The molecule has 1 N–H and O–H groups in total. The SMILES string of the molecule is COC(=O)C1COCCN1CCn1c(=O)c2cc(F)c(NC3CCCCC3)cc2n(C2CCCC2)c1=O. The van der Waals surface area contributed by atoms with Crippen molar-refractivity contribution in [3.8, 4) is 0 Å². The average molecular weight is 517 g/mol. The summed E-state index contributed by atoms with van der Waals surface area (Å²) in [6.45, 7) is 1.54. The van der Waals surface area contributed by atoms with Gasteiger partial charge in [-0.05, 0) is 37.8 Å². The number of morpholine rings is 1. The number of esters is 1. The number of halogens is 1. The van der Waals surface area contributed by atoms with Crippen LogP contribution in [0.15, 0.2) is 21.7 Å². The van der Waals surface area contributed by atoms with E-state index in [2.05, 4.69) is 5.32 Å². The molecule has 3 aliphatic rings. The van der Waals surface area contributed by atoms with Crippen molar-refractivity contribution in [1.82, 2.24) is 14.0 Å². The second-order valence-corrected chi connectivity index (χ2v) is 10.5. The summed E-state index contributed by atoms with van der Waals surface area (Å²) in [5.74, 6) is -0.883. The van der Waals surface area contributed by atoms with Crippen LogP contribution in [0.2, 0.25) is 0 Å². The van der Waals surface area contributed by atoms with E-state index in [-0.39, 0.29) is 36.3 Å². The molecule has 37 heavy (non-hydrogen) atoms. The summed E-state index contributed by atoms with van der Waals surface area (Å²) in [7, 11) is 1.33. The number of aromatic nitrogens is 2. The Hall–Kier alpha value is -2.72. The van der Waals surface area contributed by atoms with Crippen LogP contribution in [0.5, 0.6) is 0 Å². The first-order valence-corrected chi connectivity index (χ1v) is 13.6. The Morgan fingerprint density at radius 3 is 2.54 bits per heavy atom. The zero-order chi connectivity index (χ0) is 25.9. The van der Waals surface area contributed by atoms with Gasteiger partial charge in [-0.25, -0.2) is 9.18 Å². The third-order valence-electron chi connectivity index (χ3n) is 8.24. The minimum atomic E-state index is -0.585. The summed E-state index contributed by atoms with van der Waals surface area (Å²) in [5, 5.41) is 3.55. The fraction of sp³-hybridized carbons (Fsp3) is 0.667. The number of carbonyl (C=O) groups is 1. The second kappa shape index (κ2) is 11.3. The predicted molar refractivity (Wildman–Crippen MR) is 139 cm³/mol. The first-order valence-electron chi connectivity index (χ1n) is 13.6. The van der Waals surface area contributed by atoms with Crippen LogP contribution in [0.25, 0.3) is 10.9 Å². The summed E-state index contributed by atoms with van der Waals surface area (Å²) in [6, 6.07) is 2.54. The Morgan fingerprint density at radius 1 is 1.08 bits per heavy atom. The Labute approximate surface area is 215 Å². The van der Waals surface area contributed by atoms with Crippen LogP contribution in [-0.4, -0.2) is 65.5 Å². The highest BCUT2D eigenvalue weighted by Gasteiger charge is 2.31. The summed E-state index contributed by atoms with van der Waals surface area (Å²) < 4.78 is 28.5. The van der Waals surface area contributed by atoms with Gasteiger partial charge >= 0.3 is 11.7 Å². The van der Waals surface area contributed by atoms with Crippen molar-refractivity contribution in [3.63, 3.8) is 0 Å². The minimum Gasteiger partial charge on any atom is -0.468 e. The van der Waals surface area contributed by atoms with Gasteiger partial charge in [-0.15, -0.1) is 0 Å². The number of ether oxygens (including phenoxy) is 2. The van der Waals surface area contributed by atoms with Gasteiger partial charge in [-0.2, -0.15) is 0 Å². The zero-order valence-electron chi connectivity index (χ0n) is 21.5. The van der Waals surface area contributed by atoms with Crippen LogP contribution in [0, 0.1) is 5.82 Å². The van der Waals surface area contributed by atoms with Crippen molar-refractivity contribution in [1.29, 1.82) is 0 Å². The Balaban J connectivity index is 1.52. The number of fused-ring (bicyclic) bond motifs is 1. The average Bonchev–Trinajstić information content (AvgIpc) is 3.44. The van der Waals surface area contributed by atoms with Crippen molar-refractivity contribution in [3.05, 3.63) is 38.8 Å². The van der Waals surface area contributed by atoms with Crippen molar-refractivity contribution < 1.29 is 18.7 Å². The maximum absolute atomic E-state index is 15.3. The van der Waals surface area contributed by atoms with Crippen LogP contribution >= 0.6 is 0 Å². The van der Waals surface area contributed by atoms with Crippen LogP contribution in [0.1, 0.15) is 63.8 Å². The number of hydrogen-bond donors (Lipinski definition) is 1. The third kappa shape index (κ3) is 5.31. The van der Waals surface area contributed by atoms with Crippen molar-refractivity contribution in [2.45, 2.75) is 82.5 Å². The first-order chi connectivity index (χ1) is 18.0. The molecule has 10 heteroatoms. The molecule has 5 rings (SSSR count). The lowest BCUT2D eigenvalue weighted by molar-refractivity contribution is -0.153. The molecule has 2 aromatic rings. The quantitative estimate of drug-likeness (QED) is 0.566. The van der Waals surface area contributed by atoms with Gasteiger partial charge in [0.2, 0.25) is 0 Å². The van der Waals surface area contributed by atoms with E-state index >= 15 is 4.39 Å². The number of rotatable bonds is 7. The fourth-order valence-electron chi connectivity index (χ4n) is 6.18. The molecule has 9 nitrogen and oxygen atoms in total. The number of benzene rings is 1. The molecule has 202 valence electrons. The van der Waals surface area contributed by atoms with Crippen molar-refractivity contribution in [2.75, 3.05) is 38.7 Å². The Kier molecular flexibility index (Phi) is 7.95. The molecule has 1 atom stereocenters. The largest absolute Gasteiger partial charge is 0.468 e. The number of nitrogens with one attached hydrogen (secondary N) is 1. The van der Waals surface area contributed by atoms with Gasteiger partial charge in [0.05, 0.1) is 36.9 Å². The molecular formula is C27H37FN4O5. The summed E-state index contributed by atoms with van der Waals surface area (Å²) in [5.41, 5.74) is -0.0173. The summed E-state index contributed by atoms with van der Waals surface area (Å²) in [4.78, 5) is 41.4. The van der Waals surface area contributed by atoms with Gasteiger partial charge in [0.25, 0.3) is 5.56 Å². The molecule has 1 aromatic heterocycles. The normalized spacial score (nSPS) is 21.9. The van der Waals surface area contributed by atoms with E-state index in [0.29, 0.717) is 30.9 Å². The van der Waals surface area contributed by atoms with Crippen LogP contribution in [0.3, 0.4) is 0 Å². The van der Waals surface area contributed by atoms with Gasteiger partial charge in [0, 0.05) is 31.7 Å². The predicted octanol–water partition coefficient (Wildman–Crippen LogP) is 3.04. The van der Waals surface area contributed by atoms with E-state index in [9.17, 15) is 14.4 Å². The number of nitrogens with zero attached hydrogens (tertiary/aromatic N) is 3. The molecule has 2 aliphatic carbocycles. The number of carbonyl (C=O) groups excluding carboxylic acids is 1. The molecule has 0 amide bonds. The molecule has 1 saturated heterocycles. The highest BCUT2D eigenvalue weighted by molar-refractivity contribution is 5.82. The zero-order valence-corrected chi connectivity index (χ0v) is 21.5. The van der Waals surface area contributed by atoms with Gasteiger partial charge in [-0.3, -0.25) is 23.6 Å². The number of anilines is 1. The first kappa shape index (κ1) is 25.9. The highest BCUT2D eigenvalue weighted by Crippen LogP contribution is 2.32. The highest BCUT2D eigenvalue weighted by atomic mass is 19.1. The molecule has 1 unspecified atom stereocenters. The van der Waals surface area contributed by atoms with E-state index < -0.39 is 23.4 Å². The van der Waals surface area contributed by atoms with Crippen LogP contribution < -0.4 is 16.6 Å². The smallest absolute Gasteiger partial charge is 0.331 e. The lowest BCUT2D eigenvalue weighted by Gasteiger charge is -2.33. The maximum Gasteiger partial charge on any atom is 0.331 e. The molecule has 0 spiro atoms. The monoisotopic (exact) mass is 516 g/mol. The topological polar surface area (TPSA) is 94.8 Å². The van der Waals surface area contributed by atoms with Gasteiger partial charge in [0.15, 0.2) is 0 Å². The Morgan fingerprint density at radius 2 is 1.81 bits per heavy atom. The van der Waals surface area contributed by atoms with Crippen LogP contribution in [-0.2, 0) is 20.8 Å².